The number of likely N-dealkylation sites (tertiary alicyclic amines) is 3. The minimum atomic E-state index is -4.64. The molecule has 12 aliphatic rings. The molecular formula is C82H123F6N9O25S4. The van der Waals surface area contributed by atoms with Crippen LogP contribution in [-0.2, 0) is 102 Å². The van der Waals surface area contributed by atoms with Crippen LogP contribution in [0.5, 0.6) is 0 Å². The summed E-state index contributed by atoms with van der Waals surface area (Å²) in [5.41, 5.74) is -0.413. The average Bonchev–Trinajstić information content (AvgIpc) is 1.58. The lowest BCUT2D eigenvalue weighted by Gasteiger charge is -2.28. The molecule has 8 N–H and O–H groups in total. The number of aldehydes is 2. The van der Waals surface area contributed by atoms with E-state index < -0.39 is 191 Å². The fraction of sp³-hybridized carbons (Fsp3) is 0.744. The maximum Gasteiger partial charge on any atom is 0.446 e. The SMILES string of the molecule is C=CC1CC1(CC(=O)[C@@H]1C[C@@H](C)CN1)C(=O)NS(=O)(=O)C1CC1.C=CC1CC1(CC(=O)[C@@H]1C[C@@H](C)CN1C(=O)OC(C)(C)C)C(=O)NS(=O)(=O)C1CC1.C=CC1CC1(CC(=O)[C@@H]1C[C@@H](C)CN1C(=O)OC(C)(C)C)C(=O)NS(=O)(=O)C1CC1.C=CC1CC1(N)C(=O)NS(=O)(=O)C1CC1.C[C@@H]1C[C@@H](C(=O)O)N(C(=O)OC(C)(C)C)C1.O=CC(F)(F)F.O=CC(F)(F)F. The van der Waals surface area contributed by atoms with Crippen molar-refractivity contribution in [3.63, 3.8) is 0 Å². The first kappa shape index (κ1) is 107. The van der Waals surface area contributed by atoms with Gasteiger partial charge in [-0.1, -0.05) is 52.0 Å². The summed E-state index contributed by atoms with van der Waals surface area (Å²) in [6.45, 7) is 40.5. The number of allylic oxidation sites excluding steroid dienone is 3. The van der Waals surface area contributed by atoms with Crippen LogP contribution in [0.15, 0.2) is 50.6 Å². The molecule has 44 heteroatoms. The molecule has 4 aliphatic heterocycles. The van der Waals surface area contributed by atoms with Crippen molar-refractivity contribution in [3.8, 4) is 0 Å². The lowest BCUT2D eigenvalue weighted by Crippen LogP contribution is -2.47. The Bertz CT molecular complexity index is 4470. The van der Waals surface area contributed by atoms with Crippen LogP contribution in [0.1, 0.15) is 212 Å². The maximum absolute atomic E-state index is 13.2. The van der Waals surface area contributed by atoms with Crippen LogP contribution >= 0.6 is 0 Å². The van der Waals surface area contributed by atoms with Gasteiger partial charge in [0.05, 0.1) is 55.4 Å². The first-order valence-electron chi connectivity index (χ1n) is 41.7. The fourth-order valence-corrected chi connectivity index (χ4v) is 20.7. The van der Waals surface area contributed by atoms with Gasteiger partial charge in [0, 0.05) is 44.8 Å². The molecule has 126 heavy (non-hydrogen) atoms. The van der Waals surface area contributed by atoms with Crippen LogP contribution in [0, 0.1) is 63.6 Å². The highest BCUT2D eigenvalue weighted by molar-refractivity contribution is 7.91. The lowest BCUT2D eigenvalue weighted by atomic mass is 9.91. The van der Waals surface area contributed by atoms with Crippen LogP contribution in [0.3, 0.4) is 0 Å². The van der Waals surface area contributed by atoms with Crippen LogP contribution in [0.25, 0.3) is 0 Å². The number of Topliss-reactive ketones (excluding diaryl/α,β-unsaturated/α-hetero) is 3. The minimum Gasteiger partial charge on any atom is -0.480 e. The average molecular weight is 1880 g/mol. The maximum atomic E-state index is 13.2. The van der Waals surface area contributed by atoms with Crippen molar-refractivity contribution in [1.82, 2.24) is 38.9 Å². The third-order valence-corrected chi connectivity index (χ3v) is 30.4. The van der Waals surface area contributed by atoms with Gasteiger partial charge in [-0.05, 0) is 213 Å². The van der Waals surface area contributed by atoms with Crippen molar-refractivity contribution in [2.75, 3.05) is 26.2 Å². The van der Waals surface area contributed by atoms with E-state index in [1.165, 1.54) is 14.7 Å². The minimum absolute atomic E-state index is 0.00216. The molecule has 0 aromatic carbocycles. The van der Waals surface area contributed by atoms with Crippen molar-refractivity contribution in [3.05, 3.63) is 50.6 Å². The summed E-state index contributed by atoms with van der Waals surface area (Å²) in [7, 11) is -14.5. The number of ketones is 3. The Morgan fingerprint density at radius 2 is 0.675 bits per heavy atom. The molecule has 7 amide bonds. The normalized spacial score (nSPS) is 30.0. The molecule has 0 aromatic heterocycles. The summed E-state index contributed by atoms with van der Waals surface area (Å²) >= 11 is 0. The molecule has 0 bridgehead atoms. The number of nitrogens with one attached hydrogen (secondary N) is 5. The second kappa shape index (κ2) is 40.4. The Morgan fingerprint density at radius 1 is 0.421 bits per heavy atom. The number of nitrogens with zero attached hydrogens (tertiary/aromatic N) is 3. The topological polar surface area (TPSA) is 502 Å². The second-order valence-corrected chi connectivity index (χ2v) is 46.1. The Hall–Kier alpha value is -8.23. The number of carboxylic acid groups (broad SMARTS) is 1. The molecule has 12 rings (SSSR count). The Morgan fingerprint density at radius 3 is 0.889 bits per heavy atom. The monoisotopic (exact) mass is 1880 g/mol. The van der Waals surface area contributed by atoms with Crippen molar-refractivity contribution in [1.29, 1.82) is 0 Å². The van der Waals surface area contributed by atoms with Crippen LogP contribution in [0.4, 0.5) is 40.7 Å². The van der Waals surface area contributed by atoms with Gasteiger partial charge < -0.3 is 30.4 Å². The number of amides is 7. The Kier molecular flexibility index (Phi) is 34.2. The predicted molar refractivity (Wildman–Crippen MR) is 446 cm³/mol. The van der Waals surface area contributed by atoms with E-state index in [0.29, 0.717) is 122 Å². The highest BCUT2D eigenvalue weighted by Crippen LogP contribution is 2.59. The number of hydrogen-bond acceptors (Lipinski definition) is 26. The Balaban J connectivity index is 0.000000240. The smallest absolute Gasteiger partial charge is 0.446 e. The third-order valence-electron chi connectivity index (χ3n) is 23.1. The molecule has 0 radical (unpaired) electrons. The first-order valence-corrected chi connectivity index (χ1v) is 47.9. The molecule has 712 valence electrons. The van der Waals surface area contributed by atoms with E-state index >= 15 is 0 Å². The highest BCUT2D eigenvalue weighted by atomic mass is 32.2. The van der Waals surface area contributed by atoms with Crippen LogP contribution in [0.2, 0.25) is 0 Å². The molecule has 8 unspecified atom stereocenters. The van der Waals surface area contributed by atoms with Gasteiger partial charge in [-0.3, -0.25) is 76.7 Å². The van der Waals surface area contributed by atoms with Crippen molar-refractivity contribution in [2.24, 2.45) is 69.3 Å². The van der Waals surface area contributed by atoms with Gasteiger partial charge in [0.2, 0.25) is 70.4 Å². The number of aliphatic carboxylic acids is 1. The van der Waals surface area contributed by atoms with Gasteiger partial charge in [0.15, 0.2) is 17.3 Å². The molecular weight excluding hydrogens is 1750 g/mol. The zero-order valence-electron chi connectivity index (χ0n) is 73.4. The molecule has 0 aromatic rings. The zero-order chi connectivity index (χ0) is 96.0. The standard InChI is InChI=1S/2C21H32N2O6S.C16H24N2O4S.C11H19NO4.C9H14N2O3S.2C2HF3O/c2*1-6-14-10-21(14,18(25)22-30(27,28)15-7-8-15)11-17(24)16-9-13(2)12-23(16)19(26)29-20(3,4)5;1-3-11-7-16(11,8-14(19)13-6-10(2)9-17-13)15(20)18-23(21,22)12-4-5-12;1-7-5-8(9(13)14)12(6-7)10(15)16-11(2,3)4;1-2-6-5-9(6,10)8(12)11-15(13,14)7-3-4-7;2*3-2(4,5)1-6/h2*6,13-16H,1,7-12H2,2-5H3,(H,22,25);3,10-13,17H,1,4-9H2,2H3,(H,18,20);7-8H,5-6H2,1-4H3,(H,13,14);2,6-7H,1,3-5,10H2,(H,11,12);2*1H/t2*13-,14?,16+,21?;10-,11?,13+,16?;7-,8+;;;/m1111.../s1. The molecule has 34 nitrogen and oxygen atoms in total. The third kappa shape index (κ3) is 30.2. The number of nitrogens with two attached hydrogens (primary N) is 1. The molecule has 0 spiro atoms. The van der Waals surface area contributed by atoms with Gasteiger partial charge in [0.25, 0.3) is 5.91 Å². The zero-order valence-corrected chi connectivity index (χ0v) is 76.6. The van der Waals surface area contributed by atoms with Crippen molar-refractivity contribution in [2.45, 2.75) is 292 Å². The number of halogens is 6. The highest BCUT2D eigenvalue weighted by Gasteiger charge is 2.65. The number of rotatable bonds is 26. The molecule has 16 atom stereocenters. The summed E-state index contributed by atoms with van der Waals surface area (Å²) in [5, 5.41) is 10.3. The van der Waals surface area contributed by atoms with Crippen molar-refractivity contribution < 1.29 is 142 Å². The number of carboxylic acids is 1. The predicted octanol–water partition coefficient (Wildman–Crippen LogP) is 8.24. The van der Waals surface area contributed by atoms with E-state index in [4.69, 9.17) is 34.6 Å². The van der Waals surface area contributed by atoms with Gasteiger partial charge in [0.1, 0.15) is 28.4 Å². The summed E-state index contributed by atoms with van der Waals surface area (Å²) < 4.78 is 183. The lowest BCUT2D eigenvalue weighted by molar-refractivity contribution is -0.156. The summed E-state index contributed by atoms with van der Waals surface area (Å²) in [6, 6.07) is -2.32. The number of alkyl halides is 6. The van der Waals surface area contributed by atoms with Gasteiger partial charge >= 0.3 is 36.6 Å². The fourth-order valence-electron chi connectivity index (χ4n) is 15.2. The number of carbonyl (C=O) groups is 13. The van der Waals surface area contributed by atoms with Crippen molar-refractivity contribution >= 4 is 118 Å². The first-order chi connectivity index (χ1) is 57.6. The van der Waals surface area contributed by atoms with Gasteiger partial charge in [-0.25, -0.2) is 52.8 Å². The molecule has 8 saturated carbocycles. The van der Waals surface area contributed by atoms with E-state index in [2.05, 4.69) is 52.7 Å². The molecule has 8 aliphatic carbocycles. The van der Waals surface area contributed by atoms with Gasteiger partial charge in [-0.2, -0.15) is 26.3 Å². The number of carbonyl (C=O) groups excluding carboxylic acids is 12. The van der Waals surface area contributed by atoms with E-state index in [1.807, 2.05) is 25.5 Å². The number of ether oxygens (including phenoxy) is 3. The van der Waals surface area contributed by atoms with E-state index in [1.54, 1.807) is 86.6 Å². The number of sulfonamides is 4. The van der Waals surface area contributed by atoms with Crippen LogP contribution < -0.4 is 29.9 Å². The molecule has 12 fully saturated rings. The van der Waals surface area contributed by atoms with E-state index in [9.17, 15) is 113 Å². The summed E-state index contributed by atoms with van der Waals surface area (Å²) in [4.78, 5) is 158. The Labute approximate surface area is 732 Å². The molecule has 4 heterocycles. The molecule has 4 saturated heterocycles. The van der Waals surface area contributed by atoms with E-state index in [-0.39, 0.29) is 84.1 Å². The van der Waals surface area contributed by atoms with Crippen LogP contribution in [-0.4, -0.2) is 237 Å². The quantitative estimate of drug-likeness (QED) is 0.0185. The van der Waals surface area contributed by atoms with Gasteiger partial charge in [-0.15, -0.1) is 26.3 Å². The summed E-state index contributed by atoms with van der Waals surface area (Å²) in [6.07, 6.45) is 1.88. The summed E-state index contributed by atoms with van der Waals surface area (Å²) in [5.74, 6) is -3.71. The van der Waals surface area contributed by atoms with E-state index in [0.717, 1.165) is 13.0 Å². The largest absolute Gasteiger partial charge is 0.480 e. The second-order valence-electron chi connectivity index (χ2n) is 38.3. The number of hydrogen-bond donors (Lipinski definition) is 7.